The van der Waals surface area contributed by atoms with Gasteiger partial charge in [0.25, 0.3) is 5.56 Å². The van der Waals surface area contributed by atoms with Crippen LogP contribution in [0.4, 0.5) is 0 Å². The summed E-state index contributed by atoms with van der Waals surface area (Å²) in [7, 11) is 0. The van der Waals surface area contributed by atoms with Crippen molar-refractivity contribution in [3.8, 4) is 5.75 Å². The minimum Gasteiger partial charge on any atom is -0.493 e. The molecule has 0 aliphatic carbocycles. The predicted molar refractivity (Wildman–Crippen MR) is 61.0 cm³/mol. The van der Waals surface area contributed by atoms with Gasteiger partial charge >= 0.3 is 5.69 Å². The number of fused-ring (bicyclic) bond motifs is 1. The largest absolute Gasteiger partial charge is 0.493 e. The van der Waals surface area contributed by atoms with E-state index in [9.17, 15) is 9.59 Å². The lowest BCUT2D eigenvalue weighted by molar-refractivity contribution is 0.321. The molecule has 0 saturated heterocycles. The van der Waals surface area contributed by atoms with E-state index in [4.69, 9.17) is 4.74 Å². The lowest BCUT2D eigenvalue weighted by atomic mass is 10.2. The van der Waals surface area contributed by atoms with Crippen LogP contribution in [0, 0.1) is 0 Å². The molecule has 0 aliphatic rings. The second kappa shape index (κ2) is 4.22. The van der Waals surface area contributed by atoms with Crippen molar-refractivity contribution in [3.63, 3.8) is 0 Å². The van der Waals surface area contributed by atoms with Crippen LogP contribution in [0.2, 0.25) is 0 Å². The summed E-state index contributed by atoms with van der Waals surface area (Å²) in [4.78, 5) is 27.4. The van der Waals surface area contributed by atoms with Crippen molar-refractivity contribution < 1.29 is 4.74 Å². The Kier molecular flexibility index (Phi) is 2.76. The minimum atomic E-state index is -0.509. The molecule has 16 heavy (non-hydrogen) atoms. The van der Waals surface area contributed by atoms with Gasteiger partial charge in [0.1, 0.15) is 11.1 Å². The van der Waals surface area contributed by atoms with Crippen molar-refractivity contribution in [1.29, 1.82) is 0 Å². The van der Waals surface area contributed by atoms with Gasteiger partial charge in [0.2, 0.25) is 0 Å². The van der Waals surface area contributed by atoms with Gasteiger partial charge in [-0.1, -0.05) is 13.0 Å². The molecule has 5 heteroatoms. The van der Waals surface area contributed by atoms with Crippen LogP contribution in [-0.4, -0.2) is 16.6 Å². The number of hydrogen-bond acceptors (Lipinski definition) is 3. The molecule has 2 rings (SSSR count). The van der Waals surface area contributed by atoms with Gasteiger partial charge in [-0.3, -0.25) is 9.78 Å². The number of aromatic amines is 2. The SMILES string of the molecule is CCCOc1cccc2[nH]c(=O)[nH]c(=O)c12. The fourth-order valence-electron chi connectivity index (χ4n) is 1.52. The summed E-state index contributed by atoms with van der Waals surface area (Å²) < 4.78 is 5.45. The van der Waals surface area contributed by atoms with Crippen molar-refractivity contribution >= 4 is 10.9 Å². The predicted octanol–water partition coefficient (Wildman–Crippen LogP) is 1.01. The molecule has 1 heterocycles. The highest BCUT2D eigenvalue weighted by atomic mass is 16.5. The molecule has 0 spiro atoms. The van der Waals surface area contributed by atoms with Gasteiger partial charge in [0.05, 0.1) is 12.1 Å². The standard InChI is InChI=1S/C11H12N2O3/c1-2-6-16-8-5-3-4-7-9(8)10(14)13-11(15)12-7/h3-5H,2,6H2,1H3,(H2,12,13,14,15). The summed E-state index contributed by atoms with van der Waals surface area (Å²) in [5.41, 5.74) is -0.446. The number of benzene rings is 1. The molecule has 0 aliphatic heterocycles. The zero-order chi connectivity index (χ0) is 11.5. The summed E-state index contributed by atoms with van der Waals surface area (Å²) in [5.74, 6) is 0.497. The van der Waals surface area contributed by atoms with Gasteiger partial charge in [0.15, 0.2) is 0 Å². The molecule has 1 aromatic heterocycles. The number of H-pyrrole nitrogens is 2. The Hall–Kier alpha value is -2.04. The topological polar surface area (TPSA) is 75.0 Å². The van der Waals surface area contributed by atoms with Crippen LogP contribution in [-0.2, 0) is 0 Å². The molecule has 0 bridgehead atoms. The monoisotopic (exact) mass is 220 g/mol. The summed E-state index contributed by atoms with van der Waals surface area (Å²) >= 11 is 0. The molecule has 0 amide bonds. The average molecular weight is 220 g/mol. The number of aromatic nitrogens is 2. The second-order valence-electron chi connectivity index (χ2n) is 3.44. The first-order chi connectivity index (χ1) is 7.72. The Balaban J connectivity index is 2.67. The van der Waals surface area contributed by atoms with Crippen LogP contribution >= 0.6 is 0 Å². The summed E-state index contributed by atoms with van der Waals surface area (Å²) in [6, 6.07) is 5.12. The highest BCUT2D eigenvalue weighted by molar-refractivity contribution is 5.83. The number of rotatable bonds is 3. The van der Waals surface area contributed by atoms with Crippen LogP contribution in [0.25, 0.3) is 10.9 Å². The maximum absolute atomic E-state index is 11.6. The lowest BCUT2D eigenvalue weighted by Gasteiger charge is -2.06. The molecule has 0 unspecified atom stereocenters. The van der Waals surface area contributed by atoms with E-state index < -0.39 is 11.2 Å². The van der Waals surface area contributed by atoms with Crippen LogP contribution in [0.3, 0.4) is 0 Å². The van der Waals surface area contributed by atoms with Crippen molar-refractivity contribution in [2.75, 3.05) is 6.61 Å². The summed E-state index contributed by atoms with van der Waals surface area (Å²) in [6.45, 7) is 2.52. The molecule has 5 nitrogen and oxygen atoms in total. The van der Waals surface area contributed by atoms with Crippen molar-refractivity contribution in [1.82, 2.24) is 9.97 Å². The van der Waals surface area contributed by atoms with Crippen molar-refractivity contribution in [2.24, 2.45) is 0 Å². The van der Waals surface area contributed by atoms with Crippen molar-refractivity contribution in [2.45, 2.75) is 13.3 Å². The van der Waals surface area contributed by atoms with Gasteiger partial charge in [-0.15, -0.1) is 0 Å². The van der Waals surface area contributed by atoms with E-state index in [1.807, 2.05) is 6.92 Å². The molecule has 0 fully saturated rings. The first-order valence-corrected chi connectivity index (χ1v) is 5.10. The summed E-state index contributed by atoms with van der Waals surface area (Å²) in [5, 5.41) is 0.385. The maximum atomic E-state index is 11.6. The van der Waals surface area contributed by atoms with Gasteiger partial charge in [0, 0.05) is 0 Å². The average Bonchev–Trinajstić information content (AvgIpc) is 2.25. The fraction of sp³-hybridized carbons (Fsp3) is 0.273. The molecular weight excluding hydrogens is 208 g/mol. The normalized spacial score (nSPS) is 10.6. The third-order valence-corrected chi connectivity index (χ3v) is 2.19. The van der Waals surface area contributed by atoms with E-state index in [0.29, 0.717) is 23.3 Å². The second-order valence-corrected chi connectivity index (χ2v) is 3.44. The Labute approximate surface area is 91.1 Å². The molecular formula is C11H12N2O3. The van der Waals surface area contributed by atoms with E-state index in [-0.39, 0.29) is 0 Å². The number of hydrogen-bond donors (Lipinski definition) is 2. The number of nitrogens with one attached hydrogen (secondary N) is 2. The number of ether oxygens (including phenoxy) is 1. The molecule has 2 N–H and O–H groups in total. The minimum absolute atomic E-state index is 0.385. The molecule has 2 aromatic rings. The molecule has 0 atom stereocenters. The van der Waals surface area contributed by atoms with Gasteiger partial charge in [-0.05, 0) is 18.6 Å². The van der Waals surface area contributed by atoms with E-state index in [1.54, 1.807) is 18.2 Å². The highest BCUT2D eigenvalue weighted by Gasteiger charge is 2.06. The van der Waals surface area contributed by atoms with Gasteiger partial charge in [-0.25, -0.2) is 4.79 Å². The zero-order valence-electron chi connectivity index (χ0n) is 8.87. The summed E-state index contributed by atoms with van der Waals surface area (Å²) in [6.07, 6.45) is 0.859. The first kappa shape index (κ1) is 10.5. The van der Waals surface area contributed by atoms with Gasteiger partial charge < -0.3 is 9.72 Å². The van der Waals surface area contributed by atoms with Crippen LogP contribution in [0.1, 0.15) is 13.3 Å². The van der Waals surface area contributed by atoms with E-state index >= 15 is 0 Å². The molecule has 1 aromatic carbocycles. The third-order valence-electron chi connectivity index (χ3n) is 2.19. The first-order valence-electron chi connectivity index (χ1n) is 5.10. The highest BCUT2D eigenvalue weighted by Crippen LogP contribution is 2.19. The van der Waals surface area contributed by atoms with Crippen LogP contribution in [0.5, 0.6) is 5.75 Å². The van der Waals surface area contributed by atoms with E-state index in [2.05, 4.69) is 9.97 Å². The zero-order valence-corrected chi connectivity index (χ0v) is 8.87. The van der Waals surface area contributed by atoms with Crippen LogP contribution < -0.4 is 16.0 Å². The molecule has 0 saturated carbocycles. The Morgan fingerprint density at radius 1 is 1.25 bits per heavy atom. The fourth-order valence-corrected chi connectivity index (χ4v) is 1.52. The third kappa shape index (κ3) is 1.84. The van der Waals surface area contributed by atoms with E-state index in [1.165, 1.54) is 0 Å². The Bertz CT molecular complexity index is 612. The quantitative estimate of drug-likeness (QED) is 0.810. The Morgan fingerprint density at radius 2 is 2.06 bits per heavy atom. The molecule has 0 radical (unpaired) electrons. The lowest BCUT2D eigenvalue weighted by Crippen LogP contribution is -2.22. The molecule has 84 valence electrons. The van der Waals surface area contributed by atoms with Gasteiger partial charge in [-0.2, -0.15) is 0 Å². The van der Waals surface area contributed by atoms with Crippen molar-refractivity contribution in [3.05, 3.63) is 39.0 Å². The van der Waals surface area contributed by atoms with E-state index in [0.717, 1.165) is 6.42 Å². The smallest absolute Gasteiger partial charge is 0.326 e. The van der Waals surface area contributed by atoms with Crippen LogP contribution in [0.15, 0.2) is 27.8 Å². The maximum Gasteiger partial charge on any atom is 0.326 e. The Morgan fingerprint density at radius 3 is 2.81 bits per heavy atom.